The predicted molar refractivity (Wildman–Crippen MR) is 73.2 cm³/mol. The monoisotopic (exact) mass is 263 g/mol. The lowest BCUT2D eigenvalue weighted by Gasteiger charge is -2.33. The molecule has 1 aromatic rings. The summed E-state index contributed by atoms with van der Waals surface area (Å²) in [5.74, 6) is 0.413. The predicted octanol–water partition coefficient (Wildman–Crippen LogP) is 1.93. The van der Waals surface area contributed by atoms with Gasteiger partial charge < -0.3 is 15.1 Å². The van der Waals surface area contributed by atoms with Crippen LogP contribution in [0.4, 0.5) is 0 Å². The van der Waals surface area contributed by atoms with Crippen molar-refractivity contribution in [2.24, 2.45) is 5.92 Å². The highest BCUT2D eigenvalue weighted by Gasteiger charge is 2.26. The molecule has 1 saturated heterocycles. The summed E-state index contributed by atoms with van der Waals surface area (Å²) in [6.07, 6.45) is 1.36. The molecular formula is C15H21NO3. The minimum absolute atomic E-state index is 0.0301. The number of benzene rings is 1. The molecule has 2 rings (SSSR count). The second-order valence-corrected chi connectivity index (χ2v) is 5.32. The van der Waals surface area contributed by atoms with Crippen LogP contribution in [0.5, 0.6) is 5.75 Å². The van der Waals surface area contributed by atoms with Gasteiger partial charge in [-0.1, -0.05) is 6.07 Å². The molecule has 1 aliphatic heterocycles. The molecule has 0 radical (unpaired) electrons. The van der Waals surface area contributed by atoms with Gasteiger partial charge in [-0.15, -0.1) is 0 Å². The standard InChI is InChI=1S/C15H21NO3/c1-10-13(4-3-5-14(10)18)15(19)16-8-6-12(7-9-16)11(2)17/h3-5,11-12,17-18H,6-9H2,1-2H3. The Morgan fingerprint density at radius 1 is 1.37 bits per heavy atom. The van der Waals surface area contributed by atoms with Crippen molar-refractivity contribution < 1.29 is 15.0 Å². The first-order valence-electron chi connectivity index (χ1n) is 6.76. The Kier molecular flexibility index (Phi) is 4.10. The number of carbonyl (C=O) groups excluding carboxylic acids is 1. The van der Waals surface area contributed by atoms with Crippen molar-refractivity contribution in [1.82, 2.24) is 4.90 Å². The topological polar surface area (TPSA) is 60.8 Å². The van der Waals surface area contributed by atoms with E-state index in [1.54, 1.807) is 30.0 Å². The van der Waals surface area contributed by atoms with E-state index in [-0.39, 0.29) is 23.7 Å². The summed E-state index contributed by atoms with van der Waals surface area (Å²) in [6.45, 7) is 4.90. The van der Waals surface area contributed by atoms with E-state index in [9.17, 15) is 15.0 Å². The molecule has 0 bridgehead atoms. The van der Waals surface area contributed by atoms with E-state index < -0.39 is 0 Å². The van der Waals surface area contributed by atoms with Gasteiger partial charge in [0.25, 0.3) is 5.91 Å². The molecule has 1 heterocycles. The fourth-order valence-electron chi connectivity index (χ4n) is 2.61. The number of amides is 1. The molecule has 1 unspecified atom stereocenters. The number of phenolic OH excluding ortho intramolecular Hbond substituents is 1. The summed E-state index contributed by atoms with van der Waals surface area (Å²) in [5.41, 5.74) is 1.20. The largest absolute Gasteiger partial charge is 0.508 e. The second kappa shape index (κ2) is 5.61. The SMILES string of the molecule is Cc1c(O)cccc1C(=O)N1CCC(C(C)O)CC1. The highest BCUT2D eigenvalue weighted by atomic mass is 16.3. The number of likely N-dealkylation sites (tertiary alicyclic amines) is 1. The first kappa shape index (κ1) is 13.9. The Labute approximate surface area is 113 Å². The van der Waals surface area contributed by atoms with Crippen molar-refractivity contribution in [3.8, 4) is 5.75 Å². The number of hydrogen-bond acceptors (Lipinski definition) is 3. The Morgan fingerprint density at radius 2 is 2.00 bits per heavy atom. The Balaban J connectivity index is 2.07. The Morgan fingerprint density at radius 3 is 2.58 bits per heavy atom. The van der Waals surface area contributed by atoms with Crippen LogP contribution in [0.25, 0.3) is 0 Å². The van der Waals surface area contributed by atoms with Gasteiger partial charge in [-0.25, -0.2) is 0 Å². The van der Waals surface area contributed by atoms with Crippen molar-refractivity contribution in [2.75, 3.05) is 13.1 Å². The van der Waals surface area contributed by atoms with Gasteiger partial charge in [-0.2, -0.15) is 0 Å². The molecule has 19 heavy (non-hydrogen) atoms. The van der Waals surface area contributed by atoms with E-state index >= 15 is 0 Å². The molecule has 1 fully saturated rings. The van der Waals surface area contributed by atoms with Gasteiger partial charge in [0.2, 0.25) is 0 Å². The summed E-state index contributed by atoms with van der Waals surface area (Å²) in [7, 11) is 0. The van der Waals surface area contributed by atoms with Crippen LogP contribution in [-0.2, 0) is 0 Å². The number of rotatable bonds is 2. The van der Waals surface area contributed by atoms with Crippen molar-refractivity contribution >= 4 is 5.91 Å². The summed E-state index contributed by atoms with van der Waals surface area (Å²) >= 11 is 0. The zero-order valence-electron chi connectivity index (χ0n) is 11.5. The fraction of sp³-hybridized carbons (Fsp3) is 0.533. The molecular weight excluding hydrogens is 242 g/mol. The maximum absolute atomic E-state index is 12.4. The van der Waals surface area contributed by atoms with Gasteiger partial charge in [-0.05, 0) is 44.7 Å². The lowest BCUT2D eigenvalue weighted by molar-refractivity contribution is 0.0520. The molecule has 0 spiro atoms. The van der Waals surface area contributed by atoms with Crippen LogP contribution < -0.4 is 0 Å². The van der Waals surface area contributed by atoms with Crippen molar-refractivity contribution in [1.29, 1.82) is 0 Å². The average Bonchev–Trinajstić information content (AvgIpc) is 2.41. The van der Waals surface area contributed by atoms with Gasteiger partial charge in [-0.3, -0.25) is 4.79 Å². The van der Waals surface area contributed by atoms with E-state index in [4.69, 9.17) is 0 Å². The zero-order chi connectivity index (χ0) is 14.0. The van der Waals surface area contributed by atoms with Crippen LogP contribution in [0.1, 0.15) is 35.7 Å². The Bertz CT molecular complexity index is 462. The van der Waals surface area contributed by atoms with E-state index in [0.29, 0.717) is 24.2 Å². The maximum Gasteiger partial charge on any atom is 0.254 e. The van der Waals surface area contributed by atoms with E-state index in [1.165, 1.54) is 0 Å². The van der Waals surface area contributed by atoms with Crippen LogP contribution in [0.3, 0.4) is 0 Å². The average molecular weight is 263 g/mol. The van der Waals surface area contributed by atoms with E-state index in [2.05, 4.69) is 0 Å². The number of carbonyl (C=O) groups is 1. The van der Waals surface area contributed by atoms with Crippen LogP contribution in [-0.4, -0.2) is 40.2 Å². The quantitative estimate of drug-likeness (QED) is 0.857. The van der Waals surface area contributed by atoms with Crippen molar-refractivity contribution in [2.45, 2.75) is 32.8 Å². The lowest BCUT2D eigenvalue weighted by atomic mass is 9.91. The minimum atomic E-state index is -0.306. The molecule has 0 aliphatic carbocycles. The molecule has 0 aromatic heterocycles. The van der Waals surface area contributed by atoms with Crippen molar-refractivity contribution in [3.63, 3.8) is 0 Å². The summed E-state index contributed by atoms with van der Waals surface area (Å²) in [5, 5.41) is 19.2. The smallest absolute Gasteiger partial charge is 0.254 e. The molecule has 1 amide bonds. The molecule has 2 N–H and O–H groups in total. The van der Waals surface area contributed by atoms with Gasteiger partial charge in [0.1, 0.15) is 5.75 Å². The van der Waals surface area contributed by atoms with Gasteiger partial charge in [0.05, 0.1) is 6.10 Å². The highest BCUT2D eigenvalue weighted by Crippen LogP contribution is 2.25. The summed E-state index contributed by atoms with van der Waals surface area (Å²) in [4.78, 5) is 14.2. The second-order valence-electron chi connectivity index (χ2n) is 5.32. The third kappa shape index (κ3) is 2.89. The first-order chi connectivity index (χ1) is 9.00. The molecule has 4 heteroatoms. The van der Waals surface area contributed by atoms with Crippen LogP contribution >= 0.6 is 0 Å². The van der Waals surface area contributed by atoms with E-state index in [0.717, 1.165) is 12.8 Å². The van der Waals surface area contributed by atoms with E-state index in [1.807, 2.05) is 6.92 Å². The summed E-state index contributed by atoms with van der Waals surface area (Å²) < 4.78 is 0. The molecule has 4 nitrogen and oxygen atoms in total. The minimum Gasteiger partial charge on any atom is -0.508 e. The van der Waals surface area contributed by atoms with Crippen LogP contribution in [0.15, 0.2) is 18.2 Å². The third-order valence-corrected chi connectivity index (χ3v) is 4.04. The molecule has 104 valence electrons. The summed E-state index contributed by atoms with van der Waals surface area (Å²) in [6, 6.07) is 5.03. The number of piperidine rings is 1. The van der Waals surface area contributed by atoms with Gasteiger partial charge in [0.15, 0.2) is 0 Å². The number of aliphatic hydroxyl groups is 1. The molecule has 0 saturated carbocycles. The molecule has 1 aromatic carbocycles. The number of nitrogens with zero attached hydrogens (tertiary/aromatic N) is 1. The number of hydrogen-bond donors (Lipinski definition) is 2. The number of aromatic hydroxyl groups is 1. The lowest BCUT2D eigenvalue weighted by Crippen LogP contribution is -2.40. The molecule has 1 atom stereocenters. The first-order valence-corrected chi connectivity index (χ1v) is 6.76. The van der Waals surface area contributed by atoms with Crippen LogP contribution in [0.2, 0.25) is 0 Å². The highest BCUT2D eigenvalue weighted by molar-refractivity contribution is 5.96. The van der Waals surface area contributed by atoms with Gasteiger partial charge in [0, 0.05) is 24.2 Å². The Hall–Kier alpha value is -1.55. The number of phenols is 1. The zero-order valence-corrected chi connectivity index (χ0v) is 11.5. The number of aliphatic hydroxyl groups excluding tert-OH is 1. The fourth-order valence-corrected chi connectivity index (χ4v) is 2.61. The van der Waals surface area contributed by atoms with Gasteiger partial charge >= 0.3 is 0 Å². The van der Waals surface area contributed by atoms with Crippen LogP contribution in [0, 0.1) is 12.8 Å². The molecule has 1 aliphatic rings. The van der Waals surface area contributed by atoms with Crippen molar-refractivity contribution in [3.05, 3.63) is 29.3 Å². The third-order valence-electron chi connectivity index (χ3n) is 4.04. The normalized spacial score (nSPS) is 18.4. The maximum atomic E-state index is 12.4.